The van der Waals surface area contributed by atoms with Gasteiger partial charge in [0.15, 0.2) is 5.89 Å². The van der Waals surface area contributed by atoms with Crippen LogP contribution in [0.15, 0.2) is 47.1 Å². The molecule has 1 aliphatic rings. The van der Waals surface area contributed by atoms with Gasteiger partial charge in [0, 0.05) is 24.0 Å². The molecule has 6 heteroatoms. The van der Waals surface area contributed by atoms with Crippen LogP contribution in [0.25, 0.3) is 10.9 Å². The van der Waals surface area contributed by atoms with E-state index in [0.717, 1.165) is 42.4 Å². The number of pyridine rings is 1. The molecule has 1 aromatic carbocycles. The summed E-state index contributed by atoms with van der Waals surface area (Å²) in [7, 11) is 0. The van der Waals surface area contributed by atoms with Gasteiger partial charge in [-0.05, 0) is 43.6 Å². The first-order valence-electron chi connectivity index (χ1n) is 8.58. The Morgan fingerprint density at radius 3 is 2.96 bits per heavy atom. The van der Waals surface area contributed by atoms with Gasteiger partial charge in [0.2, 0.25) is 5.76 Å². The number of fused-ring (bicyclic) bond motifs is 1. The first kappa shape index (κ1) is 15.8. The molecule has 1 amide bonds. The Kier molecular flexibility index (Phi) is 4.43. The van der Waals surface area contributed by atoms with Crippen molar-refractivity contribution in [3.05, 3.63) is 59.9 Å². The fourth-order valence-electron chi connectivity index (χ4n) is 3.23. The minimum absolute atomic E-state index is 0.242. The third-order valence-electron chi connectivity index (χ3n) is 4.61. The van der Waals surface area contributed by atoms with E-state index in [4.69, 9.17) is 4.42 Å². The number of aromatic nitrogens is 2. The number of rotatable bonds is 4. The summed E-state index contributed by atoms with van der Waals surface area (Å²) in [4.78, 5) is 21.0. The average Bonchev–Trinajstić information content (AvgIpc) is 3.17. The molecule has 3 aromatic rings. The summed E-state index contributed by atoms with van der Waals surface area (Å²) >= 11 is 0. The van der Waals surface area contributed by atoms with E-state index in [2.05, 4.69) is 20.6 Å². The lowest BCUT2D eigenvalue weighted by Crippen LogP contribution is -2.26. The normalized spacial score (nSPS) is 15.4. The molecular formula is C19H20N4O2. The van der Waals surface area contributed by atoms with Gasteiger partial charge in [-0.25, -0.2) is 4.98 Å². The van der Waals surface area contributed by atoms with Crippen LogP contribution in [0.4, 0.5) is 0 Å². The summed E-state index contributed by atoms with van der Waals surface area (Å²) in [5, 5.41) is 7.26. The van der Waals surface area contributed by atoms with Crippen molar-refractivity contribution < 1.29 is 9.21 Å². The Balaban J connectivity index is 1.44. The molecule has 6 nitrogen and oxygen atoms in total. The smallest absolute Gasteiger partial charge is 0.288 e. The maximum Gasteiger partial charge on any atom is 0.288 e. The zero-order valence-corrected chi connectivity index (χ0v) is 13.9. The maximum absolute atomic E-state index is 12.4. The van der Waals surface area contributed by atoms with Crippen molar-refractivity contribution >= 4 is 16.8 Å². The van der Waals surface area contributed by atoms with E-state index in [-0.39, 0.29) is 11.7 Å². The average molecular weight is 336 g/mol. The summed E-state index contributed by atoms with van der Waals surface area (Å²) in [6.07, 6.45) is 5.27. The highest BCUT2D eigenvalue weighted by Crippen LogP contribution is 2.24. The Morgan fingerprint density at radius 2 is 2.08 bits per heavy atom. The van der Waals surface area contributed by atoms with Crippen molar-refractivity contribution in [2.75, 3.05) is 13.1 Å². The number of nitrogens with one attached hydrogen (secondary N) is 2. The zero-order valence-electron chi connectivity index (χ0n) is 13.9. The third kappa shape index (κ3) is 3.39. The Bertz CT molecular complexity index is 879. The molecule has 4 rings (SSSR count). The van der Waals surface area contributed by atoms with E-state index in [0.29, 0.717) is 18.4 Å². The van der Waals surface area contributed by atoms with Crippen LogP contribution in [0.5, 0.6) is 0 Å². The highest BCUT2D eigenvalue weighted by atomic mass is 16.4. The Morgan fingerprint density at radius 1 is 1.20 bits per heavy atom. The molecule has 1 aliphatic heterocycles. The molecule has 0 atom stereocenters. The molecule has 0 aliphatic carbocycles. The van der Waals surface area contributed by atoms with Crippen LogP contribution in [0.1, 0.15) is 40.8 Å². The maximum atomic E-state index is 12.4. The highest BCUT2D eigenvalue weighted by molar-refractivity contribution is 5.91. The van der Waals surface area contributed by atoms with Crippen molar-refractivity contribution in [2.24, 2.45) is 0 Å². The number of nitrogens with zero attached hydrogens (tertiary/aromatic N) is 2. The van der Waals surface area contributed by atoms with Gasteiger partial charge in [-0.15, -0.1) is 0 Å². The van der Waals surface area contributed by atoms with Gasteiger partial charge < -0.3 is 15.1 Å². The molecule has 25 heavy (non-hydrogen) atoms. The molecule has 1 saturated heterocycles. The topological polar surface area (TPSA) is 80.0 Å². The highest BCUT2D eigenvalue weighted by Gasteiger charge is 2.22. The van der Waals surface area contributed by atoms with E-state index in [1.807, 2.05) is 30.3 Å². The molecule has 3 heterocycles. The minimum Gasteiger partial charge on any atom is -0.435 e. The number of piperidine rings is 1. The number of hydrogen-bond donors (Lipinski definition) is 2. The minimum atomic E-state index is -0.242. The van der Waals surface area contributed by atoms with Crippen LogP contribution in [0.3, 0.4) is 0 Å². The monoisotopic (exact) mass is 336 g/mol. The molecule has 128 valence electrons. The van der Waals surface area contributed by atoms with Crippen molar-refractivity contribution in [1.82, 2.24) is 20.6 Å². The third-order valence-corrected chi connectivity index (χ3v) is 4.61. The summed E-state index contributed by atoms with van der Waals surface area (Å²) < 4.78 is 5.70. The molecule has 0 radical (unpaired) electrons. The quantitative estimate of drug-likeness (QED) is 0.765. The standard InChI is InChI=1S/C19H20N4O2/c24-18(17-12-23-19(25-17)13-6-9-20-10-7-13)22-11-14-3-1-5-16-15(14)4-2-8-21-16/h1-5,8,12-13,20H,6-7,9-11H2,(H,22,24). The summed E-state index contributed by atoms with van der Waals surface area (Å²) in [6, 6.07) is 9.80. The van der Waals surface area contributed by atoms with Gasteiger partial charge in [-0.3, -0.25) is 9.78 Å². The van der Waals surface area contributed by atoms with Crippen molar-refractivity contribution in [1.29, 1.82) is 0 Å². The first-order chi connectivity index (χ1) is 12.3. The van der Waals surface area contributed by atoms with Crippen LogP contribution >= 0.6 is 0 Å². The number of hydrogen-bond acceptors (Lipinski definition) is 5. The Labute approximate surface area is 145 Å². The van der Waals surface area contributed by atoms with E-state index in [1.54, 1.807) is 6.20 Å². The van der Waals surface area contributed by atoms with Crippen molar-refractivity contribution in [3.63, 3.8) is 0 Å². The van der Waals surface area contributed by atoms with E-state index >= 15 is 0 Å². The largest absolute Gasteiger partial charge is 0.435 e. The molecule has 0 spiro atoms. The van der Waals surface area contributed by atoms with Crippen molar-refractivity contribution in [2.45, 2.75) is 25.3 Å². The van der Waals surface area contributed by atoms with Crippen LogP contribution in [0, 0.1) is 0 Å². The van der Waals surface area contributed by atoms with Gasteiger partial charge in [-0.1, -0.05) is 18.2 Å². The van der Waals surface area contributed by atoms with Gasteiger partial charge in [0.05, 0.1) is 11.7 Å². The number of benzene rings is 1. The van der Waals surface area contributed by atoms with Crippen LogP contribution in [0.2, 0.25) is 0 Å². The van der Waals surface area contributed by atoms with E-state index in [9.17, 15) is 4.79 Å². The fraction of sp³-hybridized carbons (Fsp3) is 0.316. The number of carbonyl (C=O) groups excluding carboxylic acids is 1. The van der Waals surface area contributed by atoms with Crippen molar-refractivity contribution in [3.8, 4) is 0 Å². The second kappa shape index (κ2) is 7.03. The number of amides is 1. The van der Waals surface area contributed by atoms with Crippen LogP contribution in [-0.4, -0.2) is 29.0 Å². The molecule has 2 aromatic heterocycles. The second-order valence-corrected chi connectivity index (χ2v) is 6.26. The first-order valence-corrected chi connectivity index (χ1v) is 8.58. The molecule has 0 bridgehead atoms. The molecule has 2 N–H and O–H groups in total. The molecule has 0 unspecified atom stereocenters. The van der Waals surface area contributed by atoms with E-state index < -0.39 is 0 Å². The number of carbonyl (C=O) groups is 1. The van der Waals surface area contributed by atoms with Crippen LogP contribution < -0.4 is 10.6 Å². The van der Waals surface area contributed by atoms with Gasteiger partial charge in [-0.2, -0.15) is 0 Å². The SMILES string of the molecule is O=C(NCc1cccc2ncccc12)c1cnc(C2CCNCC2)o1. The number of oxazole rings is 1. The fourth-order valence-corrected chi connectivity index (χ4v) is 3.23. The van der Waals surface area contributed by atoms with Gasteiger partial charge in [0.25, 0.3) is 5.91 Å². The van der Waals surface area contributed by atoms with Gasteiger partial charge in [0.1, 0.15) is 0 Å². The molecular weight excluding hydrogens is 316 g/mol. The Hall–Kier alpha value is -2.73. The predicted molar refractivity (Wildman–Crippen MR) is 94.3 cm³/mol. The zero-order chi connectivity index (χ0) is 17.1. The predicted octanol–water partition coefficient (Wildman–Crippen LogP) is 2.62. The lowest BCUT2D eigenvalue weighted by atomic mass is 9.98. The van der Waals surface area contributed by atoms with Crippen LogP contribution in [-0.2, 0) is 6.54 Å². The summed E-state index contributed by atoms with van der Waals surface area (Å²) in [5.74, 6) is 0.994. The van der Waals surface area contributed by atoms with E-state index in [1.165, 1.54) is 6.20 Å². The molecule has 0 saturated carbocycles. The lowest BCUT2D eigenvalue weighted by molar-refractivity contribution is 0.0920. The summed E-state index contributed by atoms with van der Waals surface area (Å²) in [5.41, 5.74) is 1.94. The lowest BCUT2D eigenvalue weighted by Gasteiger charge is -2.19. The summed E-state index contributed by atoms with van der Waals surface area (Å²) in [6.45, 7) is 2.35. The molecule has 1 fully saturated rings. The van der Waals surface area contributed by atoms with Gasteiger partial charge >= 0.3 is 0 Å². The second-order valence-electron chi connectivity index (χ2n) is 6.26.